The van der Waals surface area contributed by atoms with E-state index in [1.165, 1.54) is 0 Å². The second-order valence-electron chi connectivity index (χ2n) is 10.3. The second-order valence-corrected chi connectivity index (χ2v) is 10.3. The van der Waals surface area contributed by atoms with E-state index in [2.05, 4.69) is 15.1 Å². The van der Waals surface area contributed by atoms with Crippen molar-refractivity contribution >= 4 is 28.7 Å². The number of halogens is 3. The van der Waals surface area contributed by atoms with Gasteiger partial charge in [-0.05, 0) is 69.0 Å². The summed E-state index contributed by atoms with van der Waals surface area (Å²) in [5.74, 6) is -4.37. The lowest BCUT2D eigenvalue weighted by molar-refractivity contribution is -0.208. The number of carbonyl (C=O) groups is 3. The van der Waals surface area contributed by atoms with Gasteiger partial charge in [-0.1, -0.05) is 18.2 Å². The zero-order chi connectivity index (χ0) is 29.2. The molecule has 5 rings (SSSR count). The van der Waals surface area contributed by atoms with E-state index in [-0.39, 0.29) is 6.42 Å². The molecule has 2 aliphatic rings. The first-order valence-corrected chi connectivity index (χ1v) is 13.1. The number of para-hydroxylation sites is 1. The van der Waals surface area contributed by atoms with Gasteiger partial charge in [0.25, 0.3) is 11.8 Å². The molecule has 1 saturated heterocycles. The van der Waals surface area contributed by atoms with E-state index in [0.29, 0.717) is 37.4 Å². The molecule has 2 N–H and O–H groups in total. The van der Waals surface area contributed by atoms with Crippen molar-refractivity contribution in [1.29, 1.82) is 0 Å². The first kappa shape index (κ1) is 28.3. The molecule has 2 amide bonds. The third-order valence-electron chi connectivity index (χ3n) is 7.42. The van der Waals surface area contributed by atoms with Crippen LogP contribution in [0, 0.1) is 12.8 Å². The molecule has 0 bridgehead atoms. The van der Waals surface area contributed by atoms with Crippen LogP contribution in [0.15, 0.2) is 54.6 Å². The van der Waals surface area contributed by atoms with Crippen LogP contribution >= 0.6 is 0 Å². The quantitative estimate of drug-likeness (QED) is 0.424. The van der Waals surface area contributed by atoms with Gasteiger partial charge >= 0.3 is 12.1 Å². The van der Waals surface area contributed by atoms with E-state index in [1.807, 2.05) is 37.3 Å². The van der Waals surface area contributed by atoms with Crippen LogP contribution in [-0.2, 0) is 25.8 Å². The maximum Gasteiger partial charge on any atom is 0.493 e. The van der Waals surface area contributed by atoms with Crippen LogP contribution in [0.3, 0.4) is 0 Å². The van der Waals surface area contributed by atoms with Gasteiger partial charge < -0.3 is 19.6 Å². The second kappa shape index (κ2) is 11.4. The lowest BCUT2D eigenvalue weighted by atomic mass is 9.96. The normalized spacial score (nSPS) is 22.0. The molecule has 1 aliphatic heterocycles. The number of benzene rings is 2. The van der Waals surface area contributed by atoms with Gasteiger partial charge in [-0.2, -0.15) is 18.7 Å². The van der Waals surface area contributed by atoms with Crippen molar-refractivity contribution in [2.75, 3.05) is 6.61 Å². The summed E-state index contributed by atoms with van der Waals surface area (Å²) < 4.78 is 49.3. The molecule has 2 heterocycles. The summed E-state index contributed by atoms with van der Waals surface area (Å²) in [6.45, 7) is 2.70. The summed E-state index contributed by atoms with van der Waals surface area (Å²) in [5.41, 5.74) is 3.94. The number of alkyl halides is 3. The smallest absolute Gasteiger partial charge is 0.489 e. The Morgan fingerprint density at radius 1 is 1.10 bits per heavy atom. The molecule has 9 nitrogen and oxygen atoms in total. The maximum atomic E-state index is 13.1. The van der Waals surface area contributed by atoms with Gasteiger partial charge in [-0.3, -0.25) is 14.6 Å². The minimum Gasteiger partial charge on any atom is -0.489 e. The predicted octanol–water partition coefficient (Wildman–Crippen LogP) is 4.32. The van der Waals surface area contributed by atoms with E-state index in [4.69, 9.17) is 9.47 Å². The van der Waals surface area contributed by atoms with Gasteiger partial charge in [0, 0.05) is 34.9 Å². The van der Waals surface area contributed by atoms with Crippen LogP contribution in [0.1, 0.15) is 47.3 Å². The molecule has 2 aromatic carbocycles. The fraction of sp³-hybridized carbons (Fsp3) is 0.379. The van der Waals surface area contributed by atoms with Gasteiger partial charge in [0.15, 0.2) is 0 Å². The minimum absolute atomic E-state index is 0.170. The van der Waals surface area contributed by atoms with E-state index in [9.17, 15) is 27.6 Å². The van der Waals surface area contributed by atoms with Crippen LogP contribution in [0.5, 0.6) is 5.75 Å². The lowest BCUT2D eigenvalue weighted by Crippen LogP contribution is -2.45. The number of amides is 2. The Kier molecular flexibility index (Phi) is 7.85. The minimum atomic E-state index is -5.26. The van der Waals surface area contributed by atoms with Crippen LogP contribution in [0.4, 0.5) is 13.2 Å². The SMILES string of the molecule is Cc1cc(COc2ccc(C(=O)N[C@@H]3C[C@]4(CCCO4)C[C@@H]3C(=O)NOC(=O)C(F)(F)F)cc2)c2ccccc2n1. The van der Waals surface area contributed by atoms with Crippen LogP contribution in [0.25, 0.3) is 10.9 Å². The van der Waals surface area contributed by atoms with E-state index in [1.54, 1.807) is 29.7 Å². The molecule has 3 atom stereocenters. The van der Waals surface area contributed by atoms with Crippen molar-refractivity contribution < 1.29 is 41.9 Å². The maximum absolute atomic E-state index is 13.1. The van der Waals surface area contributed by atoms with Gasteiger partial charge in [-0.25, -0.2) is 4.79 Å². The Hall–Kier alpha value is -4.19. The fourth-order valence-corrected chi connectivity index (χ4v) is 5.53. The summed E-state index contributed by atoms with van der Waals surface area (Å²) in [4.78, 5) is 45.3. The van der Waals surface area contributed by atoms with Crippen molar-refractivity contribution in [3.8, 4) is 5.75 Å². The van der Waals surface area contributed by atoms with E-state index in [0.717, 1.165) is 28.6 Å². The molecular weight excluding hydrogens is 543 g/mol. The van der Waals surface area contributed by atoms with E-state index >= 15 is 0 Å². The molecule has 12 heteroatoms. The number of hydrogen-bond donors (Lipinski definition) is 2. The number of nitrogens with zero attached hydrogens (tertiary/aromatic N) is 1. The summed E-state index contributed by atoms with van der Waals surface area (Å²) in [6, 6.07) is 15.5. The summed E-state index contributed by atoms with van der Waals surface area (Å²) in [7, 11) is 0. The van der Waals surface area contributed by atoms with Crippen LogP contribution in [-0.4, -0.2) is 47.2 Å². The molecule has 41 heavy (non-hydrogen) atoms. The largest absolute Gasteiger partial charge is 0.493 e. The van der Waals surface area contributed by atoms with Crippen molar-refractivity contribution in [2.24, 2.45) is 5.92 Å². The summed E-state index contributed by atoms with van der Waals surface area (Å²) in [6.07, 6.45) is -3.39. The molecule has 1 saturated carbocycles. The Morgan fingerprint density at radius 3 is 2.56 bits per heavy atom. The first-order valence-electron chi connectivity index (χ1n) is 13.1. The number of nitrogens with one attached hydrogen (secondary N) is 2. The lowest BCUT2D eigenvalue weighted by Gasteiger charge is -2.22. The highest BCUT2D eigenvalue weighted by molar-refractivity contribution is 5.95. The number of carbonyl (C=O) groups excluding carboxylic acids is 3. The Balaban J connectivity index is 1.23. The zero-order valence-electron chi connectivity index (χ0n) is 22.1. The standard InChI is InChI=1S/C29H28F3N3O6/c1-17-13-19(21-5-2-3-6-23(21)33-17)16-39-20-9-7-18(8-10-20)25(36)34-24-15-28(11-4-12-40-28)14-22(24)26(37)35-41-27(38)29(30,31)32/h2-3,5-10,13,22,24H,4,11-12,14-16H2,1H3,(H,34,36)(H,35,37)/t22-,24+,28-/m0/s1. The number of aromatic nitrogens is 1. The predicted molar refractivity (Wildman–Crippen MR) is 139 cm³/mol. The van der Waals surface area contributed by atoms with Crippen molar-refractivity contribution in [1.82, 2.24) is 15.8 Å². The Labute approximate surface area is 233 Å². The van der Waals surface area contributed by atoms with Crippen molar-refractivity contribution in [2.45, 2.75) is 57.0 Å². The monoisotopic (exact) mass is 571 g/mol. The van der Waals surface area contributed by atoms with Gasteiger partial charge in [-0.15, -0.1) is 0 Å². The van der Waals surface area contributed by atoms with Crippen LogP contribution in [0.2, 0.25) is 0 Å². The third kappa shape index (κ3) is 6.43. The number of hydrogen-bond acceptors (Lipinski definition) is 7. The van der Waals surface area contributed by atoms with Gasteiger partial charge in [0.1, 0.15) is 12.4 Å². The molecule has 1 aromatic heterocycles. The highest BCUT2D eigenvalue weighted by Gasteiger charge is 2.51. The summed E-state index contributed by atoms with van der Waals surface area (Å²) >= 11 is 0. The zero-order valence-corrected chi connectivity index (χ0v) is 22.1. The number of rotatable bonds is 6. The highest BCUT2D eigenvalue weighted by atomic mass is 19.4. The van der Waals surface area contributed by atoms with Crippen molar-refractivity contribution in [3.05, 3.63) is 71.4 Å². The third-order valence-corrected chi connectivity index (χ3v) is 7.42. The molecular formula is C29H28F3N3O6. The Bertz CT molecular complexity index is 1450. The number of hydroxylamine groups is 1. The average Bonchev–Trinajstić information content (AvgIpc) is 3.55. The molecule has 0 unspecified atom stereocenters. The molecule has 1 aliphatic carbocycles. The molecule has 216 valence electrons. The number of ether oxygens (including phenoxy) is 2. The topological polar surface area (TPSA) is 116 Å². The number of pyridine rings is 1. The molecule has 0 radical (unpaired) electrons. The van der Waals surface area contributed by atoms with Gasteiger partial charge in [0.05, 0.1) is 17.0 Å². The number of aryl methyl sites for hydroxylation is 1. The highest BCUT2D eigenvalue weighted by Crippen LogP contribution is 2.44. The molecule has 1 spiro atoms. The van der Waals surface area contributed by atoms with Gasteiger partial charge in [0.2, 0.25) is 0 Å². The first-order chi connectivity index (χ1) is 19.5. The summed E-state index contributed by atoms with van der Waals surface area (Å²) in [5, 5.41) is 3.80. The van der Waals surface area contributed by atoms with Crippen molar-refractivity contribution in [3.63, 3.8) is 0 Å². The molecule has 2 fully saturated rings. The molecule has 3 aromatic rings. The van der Waals surface area contributed by atoms with Crippen LogP contribution < -0.4 is 15.5 Å². The fourth-order valence-electron chi connectivity index (χ4n) is 5.53. The Morgan fingerprint density at radius 2 is 1.85 bits per heavy atom. The van der Waals surface area contributed by atoms with E-state index < -0.39 is 41.5 Å². The number of fused-ring (bicyclic) bond motifs is 1. The average molecular weight is 572 g/mol.